The van der Waals surface area contributed by atoms with E-state index in [1.165, 1.54) is 38.5 Å². The van der Waals surface area contributed by atoms with Gasteiger partial charge < -0.3 is 9.90 Å². The largest absolute Gasteiger partial charge is 0.393 e. The van der Waals surface area contributed by atoms with E-state index in [0.29, 0.717) is 41.3 Å². The zero-order valence-corrected chi connectivity index (χ0v) is 18.1. The van der Waals surface area contributed by atoms with Crippen molar-refractivity contribution in [3.8, 4) is 0 Å². The first-order chi connectivity index (χ1) is 13.1. The standard InChI is InChI=1S/C25H42O2/c1-16(5-6-17(2)26)21-9-10-22-20-8-7-18-15-19(27)11-13-24(18,3)23(20)12-14-25(21,22)4/h16,18-23,27H,5-15H2,1-4H3/t16-,18+,19+,20+,21-,22+,23+,24+,25-/m1/s1/i19D. The molecule has 0 aromatic heterocycles. The highest BCUT2D eigenvalue weighted by Gasteiger charge is 2.60. The molecule has 0 bridgehead atoms. The van der Waals surface area contributed by atoms with Crippen LogP contribution in [0.4, 0.5) is 0 Å². The number of carbonyl (C=O) groups is 1. The smallest absolute Gasteiger partial charge is 0.129 e. The number of hydrogen-bond acceptors (Lipinski definition) is 2. The normalized spacial score (nSPS) is 53.7. The Labute approximate surface area is 168 Å². The van der Waals surface area contributed by atoms with Crippen molar-refractivity contribution in [2.75, 3.05) is 0 Å². The van der Waals surface area contributed by atoms with E-state index in [1.807, 2.05) is 0 Å². The van der Waals surface area contributed by atoms with Gasteiger partial charge in [0.1, 0.15) is 5.78 Å². The lowest BCUT2D eigenvalue weighted by Crippen LogP contribution is -2.54. The third-order valence-electron chi connectivity index (χ3n) is 10.2. The van der Waals surface area contributed by atoms with Crippen molar-refractivity contribution >= 4 is 5.78 Å². The van der Waals surface area contributed by atoms with Gasteiger partial charge in [-0.25, -0.2) is 0 Å². The maximum absolute atomic E-state index is 11.5. The fourth-order valence-corrected chi connectivity index (χ4v) is 8.67. The average molecular weight is 376 g/mol. The molecule has 0 amide bonds. The van der Waals surface area contributed by atoms with Crippen LogP contribution in [0.15, 0.2) is 0 Å². The molecule has 4 aliphatic rings. The zero-order chi connectivity index (χ0) is 20.3. The molecule has 0 aliphatic heterocycles. The maximum Gasteiger partial charge on any atom is 0.129 e. The minimum atomic E-state index is -1.18. The molecule has 0 spiro atoms. The van der Waals surface area contributed by atoms with Crippen LogP contribution < -0.4 is 0 Å². The molecule has 2 nitrogen and oxygen atoms in total. The van der Waals surface area contributed by atoms with Crippen LogP contribution in [0, 0.1) is 46.3 Å². The molecule has 2 heteroatoms. The molecular formula is C25H42O2. The second-order valence-electron chi connectivity index (χ2n) is 11.4. The van der Waals surface area contributed by atoms with Crippen molar-refractivity contribution in [2.24, 2.45) is 46.3 Å². The first-order valence-electron chi connectivity index (χ1n) is 12.3. The van der Waals surface area contributed by atoms with Crippen molar-refractivity contribution < 1.29 is 11.3 Å². The van der Waals surface area contributed by atoms with Gasteiger partial charge in [0.05, 0.1) is 7.45 Å². The van der Waals surface area contributed by atoms with Gasteiger partial charge in [-0.1, -0.05) is 20.8 Å². The lowest BCUT2D eigenvalue weighted by molar-refractivity contribution is -0.129. The Balaban J connectivity index is 1.51. The number of rotatable bonds is 4. The van der Waals surface area contributed by atoms with Crippen LogP contribution in [0.5, 0.6) is 0 Å². The molecule has 9 atom stereocenters. The number of ketones is 1. The van der Waals surface area contributed by atoms with E-state index in [0.717, 1.165) is 42.9 Å². The van der Waals surface area contributed by atoms with Crippen molar-refractivity contribution in [3.05, 3.63) is 0 Å². The summed E-state index contributed by atoms with van der Waals surface area (Å²) < 4.78 is 8.19. The molecule has 27 heavy (non-hydrogen) atoms. The summed E-state index contributed by atoms with van der Waals surface area (Å²) in [5, 5.41) is 10.3. The summed E-state index contributed by atoms with van der Waals surface area (Å²) >= 11 is 0. The van der Waals surface area contributed by atoms with Gasteiger partial charge in [-0.15, -0.1) is 0 Å². The average Bonchev–Trinajstić information content (AvgIpc) is 2.97. The molecule has 4 rings (SSSR count). The van der Waals surface area contributed by atoms with Crippen molar-refractivity contribution in [2.45, 2.75) is 104 Å². The zero-order valence-electron chi connectivity index (χ0n) is 19.1. The Hall–Kier alpha value is -0.370. The summed E-state index contributed by atoms with van der Waals surface area (Å²) in [4.78, 5) is 11.5. The fraction of sp³-hybridized carbons (Fsp3) is 0.960. The van der Waals surface area contributed by atoms with E-state index in [2.05, 4.69) is 20.8 Å². The van der Waals surface area contributed by atoms with Crippen LogP contribution in [-0.2, 0) is 4.79 Å². The molecular weight excluding hydrogens is 332 g/mol. The molecule has 0 aromatic carbocycles. The third-order valence-corrected chi connectivity index (χ3v) is 10.2. The highest BCUT2D eigenvalue weighted by atomic mass is 16.3. The lowest BCUT2D eigenvalue weighted by Gasteiger charge is -2.61. The molecule has 0 aromatic rings. The van der Waals surface area contributed by atoms with E-state index in [4.69, 9.17) is 1.37 Å². The quantitative estimate of drug-likeness (QED) is 0.653. The first kappa shape index (κ1) is 18.6. The van der Waals surface area contributed by atoms with E-state index in [-0.39, 0.29) is 0 Å². The molecule has 4 fully saturated rings. The molecule has 0 saturated heterocycles. The number of aliphatic hydroxyl groups is 1. The third kappa shape index (κ3) is 3.22. The van der Waals surface area contributed by atoms with Crippen LogP contribution >= 0.6 is 0 Å². The minimum Gasteiger partial charge on any atom is -0.393 e. The van der Waals surface area contributed by atoms with Crippen LogP contribution in [0.3, 0.4) is 0 Å². The SMILES string of the molecule is [2H][C@]1(O)CC[C@@]2(C)[C@@H](CC[C@@H]3[C@@H]2CC[C@]2(C)[C@@H]([C@H](C)CCC(C)=O)CC[C@@H]32)C1. The van der Waals surface area contributed by atoms with Crippen LogP contribution in [-0.4, -0.2) is 17.0 Å². The van der Waals surface area contributed by atoms with Gasteiger partial charge in [0.15, 0.2) is 0 Å². The van der Waals surface area contributed by atoms with Gasteiger partial charge >= 0.3 is 0 Å². The Kier molecular flexibility index (Phi) is 4.94. The van der Waals surface area contributed by atoms with E-state index >= 15 is 0 Å². The second-order valence-corrected chi connectivity index (χ2v) is 11.4. The number of fused-ring (bicyclic) bond motifs is 5. The molecule has 4 aliphatic carbocycles. The molecule has 0 heterocycles. The van der Waals surface area contributed by atoms with Crippen LogP contribution in [0.25, 0.3) is 0 Å². The molecule has 4 saturated carbocycles. The Bertz CT molecular complexity index is 616. The maximum atomic E-state index is 11.5. The minimum absolute atomic E-state index is 0.341. The van der Waals surface area contributed by atoms with Crippen molar-refractivity contribution in [1.82, 2.24) is 0 Å². The highest BCUT2D eigenvalue weighted by Crippen LogP contribution is 2.68. The summed E-state index contributed by atoms with van der Waals surface area (Å²) in [7, 11) is 0. The Morgan fingerprint density at radius 1 is 1.07 bits per heavy atom. The molecule has 0 radical (unpaired) electrons. The van der Waals surface area contributed by atoms with Gasteiger partial charge in [-0.05, 0) is 117 Å². The van der Waals surface area contributed by atoms with Crippen molar-refractivity contribution in [3.63, 3.8) is 0 Å². The Morgan fingerprint density at radius 2 is 1.78 bits per heavy atom. The number of hydrogen-bond donors (Lipinski definition) is 1. The van der Waals surface area contributed by atoms with Gasteiger partial charge in [0, 0.05) is 6.42 Å². The lowest BCUT2D eigenvalue weighted by atomic mass is 9.44. The fourth-order valence-electron chi connectivity index (χ4n) is 8.67. The van der Waals surface area contributed by atoms with Gasteiger partial charge in [0.2, 0.25) is 0 Å². The van der Waals surface area contributed by atoms with E-state index < -0.39 is 6.08 Å². The van der Waals surface area contributed by atoms with Gasteiger partial charge in [-0.2, -0.15) is 0 Å². The topological polar surface area (TPSA) is 37.3 Å². The van der Waals surface area contributed by atoms with Crippen molar-refractivity contribution in [1.29, 1.82) is 0 Å². The molecule has 0 unspecified atom stereocenters. The monoisotopic (exact) mass is 375 g/mol. The van der Waals surface area contributed by atoms with Crippen LogP contribution in [0.1, 0.15) is 99.7 Å². The van der Waals surface area contributed by atoms with Gasteiger partial charge in [0.25, 0.3) is 0 Å². The second kappa shape index (κ2) is 7.15. The summed E-state index contributed by atoms with van der Waals surface area (Å²) in [6.45, 7) is 9.24. The summed E-state index contributed by atoms with van der Waals surface area (Å²) in [6, 6.07) is 0. The summed E-state index contributed by atoms with van der Waals surface area (Å²) in [5.41, 5.74) is 0.807. The predicted molar refractivity (Wildman–Crippen MR) is 110 cm³/mol. The first-order valence-corrected chi connectivity index (χ1v) is 11.8. The van der Waals surface area contributed by atoms with E-state index in [9.17, 15) is 9.90 Å². The number of carbonyl (C=O) groups excluding carboxylic acids is 1. The predicted octanol–water partition coefficient (Wildman–Crippen LogP) is 6.01. The molecule has 1 N–H and O–H groups in total. The molecule has 154 valence electrons. The van der Waals surface area contributed by atoms with Gasteiger partial charge in [-0.3, -0.25) is 0 Å². The number of Topliss-reactive ketones (excluding diaryl/α,β-unsaturated/α-hetero) is 1. The van der Waals surface area contributed by atoms with Crippen LogP contribution in [0.2, 0.25) is 0 Å². The van der Waals surface area contributed by atoms with E-state index in [1.54, 1.807) is 6.92 Å². The summed E-state index contributed by atoms with van der Waals surface area (Å²) in [6.07, 6.45) is 11.0. The Morgan fingerprint density at radius 3 is 2.52 bits per heavy atom. The highest BCUT2D eigenvalue weighted by molar-refractivity contribution is 5.75. The summed E-state index contributed by atoms with van der Waals surface area (Å²) in [5.74, 6) is 4.83.